The fourth-order valence-electron chi connectivity index (χ4n) is 2.06. The third-order valence-corrected chi connectivity index (χ3v) is 3.24. The van der Waals surface area contributed by atoms with Gasteiger partial charge in [0.15, 0.2) is 0 Å². The highest BCUT2D eigenvalue weighted by Crippen LogP contribution is 2.33. The summed E-state index contributed by atoms with van der Waals surface area (Å²) in [5.74, 6) is 1.08. The van der Waals surface area contributed by atoms with Gasteiger partial charge >= 0.3 is 0 Å². The molecule has 3 heteroatoms. The van der Waals surface area contributed by atoms with Crippen molar-refractivity contribution >= 4 is 5.91 Å². The van der Waals surface area contributed by atoms with E-state index < -0.39 is 0 Å². The van der Waals surface area contributed by atoms with E-state index in [-0.39, 0.29) is 0 Å². The van der Waals surface area contributed by atoms with Crippen molar-refractivity contribution in [2.45, 2.75) is 45.2 Å². The Bertz CT molecular complexity index is 225. The number of hydrogen-bond acceptors (Lipinski definition) is 2. The van der Waals surface area contributed by atoms with Crippen molar-refractivity contribution in [3.8, 4) is 0 Å². The lowest BCUT2D eigenvalue weighted by Gasteiger charge is -2.37. The summed E-state index contributed by atoms with van der Waals surface area (Å²) in [6.07, 6.45) is 3.32. The maximum atomic E-state index is 11.9. The third kappa shape index (κ3) is 2.27. The van der Waals surface area contributed by atoms with Crippen LogP contribution in [0.3, 0.4) is 0 Å². The van der Waals surface area contributed by atoms with Crippen molar-refractivity contribution in [3.63, 3.8) is 0 Å². The molecule has 1 amide bonds. The fourth-order valence-corrected chi connectivity index (χ4v) is 2.06. The van der Waals surface area contributed by atoms with E-state index in [9.17, 15) is 4.79 Å². The smallest absolute Gasteiger partial charge is 0.223 e. The molecule has 80 valence electrons. The molecular formula is C11H20N2O. The molecule has 0 aromatic heterocycles. The number of nitrogens with zero attached hydrogens (tertiary/aromatic N) is 1. The van der Waals surface area contributed by atoms with Crippen molar-refractivity contribution in [1.29, 1.82) is 0 Å². The summed E-state index contributed by atoms with van der Waals surface area (Å²) in [5.41, 5.74) is 0. The minimum atomic E-state index is 0.369. The summed E-state index contributed by atoms with van der Waals surface area (Å²) in [4.78, 5) is 14.0. The van der Waals surface area contributed by atoms with Crippen LogP contribution in [0, 0.1) is 5.92 Å². The molecule has 0 aromatic rings. The molecule has 14 heavy (non-hydrogen) atoms. The normalized spacial score (nSPS) is 33.1. The third-order valence-electron chi connectivity index (χ3n) is 3.24. The first kappa shape index (κ1) is 9.97. The number of carbonyl (C=O) groups is 1. The van der Waals surface area contributed by atoms with E-state index in [1.807, 2.05) is 0 Å². The average molecular weight is 196 g/mol. The van der Waals surface area contributed by atoms with E-state index in [1.165, 1.54) is 12.8 Å². The molecule has 0 radical (unpaired) electrons. The largest absolute Gasteiger partial charge is 0.337 e. The van der Waals surface area contributed by atoms with E-state index in [0.29, 0.717) is 23.9 Å². The van der Waals surface area contributed by atoms with Crippen molar-refractivity contribution in [2.24, 2.45) is 5.92 Å². The van der Waals surface area contributed by atoms with Crippen LogP contribution in [0.4, 0.5) is 0 Å². The Morgan fingerprint density at radius 2 is 2.14 bits per heavy atom. The van der Waals surface area contributed by atoms with Crippen molar-refractivity contribution in [3.05, 3.63) is 0 Å². The summed E-state index contributed by atoms with van der Waals surface area (Å²) in [5, 5.41) is 3.39. The van der Waals surface area contributed by atoms with E-state index in [4.69, 9.17) is 0 Å². The summed E-state index contributed by atoms with van der Waals surface area (Å²) >= 11 is 0. The van der Waals surface area contributed by atoms with Gasteiger partial charge in [0, 0.05) is 31.6 Å². The Labute approximate surface area is 85.8 Å². The molecule has 1 saturated carbocycles. The van der Waals surface area contributed by atoms with Gasteiger partial charge in [-0.1, -0.05) is 0 Å². The highest BCUT2D eigenvalue weighted by atomic mass is 16.2. The molecule has 2 rings (SSSR count). The predicted octanol–water partition coefficient (Wildman–Crippen LogP) is 0.995. The van der Waals surface area contributed by atoms with Crippen LogP contribution < -0.4 is 5.32 Å². The van der Waals surface area contributed by atoms with Crippen LogP contribution in [0.1, 0.15) is 33.1 Å². The molecule has 2 atom stereocenters. The van der Waals surface area contributed by atoms with Crippen molar-refractivity contribution in [2.75, 3.05) is 13.1 Å². The maximum absolute atomic E-state index is 11.9. The van der Waals surface area contributed by atoms with Gasteiger partial charge in [-0.2, -0.15) is 0 Å². The molecule has 1 aliphatic carbocycles. The SMILES string of the molecule is CC1CN(C(=O)CC2CC2)C(C)CN1. The number of rotatable bonds is 2. The molecule has 2 aliphatic rings. The molecule has 0 bridgehead atoms. The molecular weight excluding hydrogens is 176 g/mol. The van der Waals surface area contributed by atoms with Gasteiger partial charge in [0.1, 0.15) is 0 Å². The molecule has 3 nitrogen and oxygen atoms in total. The highest BCUT2D eigenvalue weighted by Gasteiger charge is 2.31. The zero-order valence-corrected chi connectivity index (χ0v) is 9.12. The van der Waals surface area contributed by atoms with Crippen LogP contribution >= 0.6 is 0 Å². The van der Waals surface area contributed by atoms with Gasteiger partial charge < -0.3 is 10.2 Å². The number of nitrogens with one attached hydrogen (secondary N) is 1. The molecule has 1 heterocycles. The van der Waals surface area contributed by atoms with E-state index in [0.717, 1.165) is 19.5 Å². The molecule has 2 unspecified atom stereocenters. The Morgan fingerprint density at radius 1 is 1.43 bits per heavy atom. The lowest BCUT2D eigenvalue weighted by atomic mass is 10.1. The highest BCUT2D eigenvalue weighted by molar-refractivity contribution is 5.77. The van der Waals surface area contributed by atoms with Crippen LogP contribution in [0.2, 0.25) is 0 Å². The Morgan fingerprint density at radius 3 is 2.79 bits per heavy atom. The van der Waals surface area contributed by atoms with Gasteiger partial charge in [0.25, 0.3) is 0 Å². The minimum Gasteiger partial charge on any atom is -0.337 e. The number of piperazine rings is 1. The monoisotopic (exact) mass is 196 g/mol. The molecule has 1 saturated heterocycles. The van der Waals surface area contributed by atoms with Gasteiger partial charge in [-0.05, 0) is 32.6 Å². The Kier molecular flexibility index (Phi) is 2.77. The first-order valence-electron chi connectivity index (χ1n) is 5.69. The topological polar surface area (TPSA) is 32.3 Å². The van der Waals surface area contributed by atoms with Crippen LogP contribution in [0.5, 0.6) is 0 Å². The van der Waals surface area contributed by atoms with Gasteiger partial charge in [0.05, 0.1) is 0 Å². The van der Waals surface area contributed by atoms with Gasteiger partial charge in [-0.3, -0.25) is 4.79 Å². The van der Waals surface area contributed by atoms with E-state index >= 15 is 0 Å². The van der Waals surface area contributed by atoms with E-state index in [1.54, 1.807) is 0 Å². The Hall–Kier alpha value is -0.570. The molecule has 0 aromatic carbocycles. The standard InChI is InChI=1S/C11H20N2O/c1-8-7-13(9(2)6-12-8)11(14)5-10-3-4-10/h8-10,12H,3-7H2,1-2H3. The first-order valence-corrected chi connectivity index (χ1v) is 5.69. The van der Waals surface area contributed by atoms with Crippen LogP contribution in [-0.2, 0) is 4.79 Å². The zero-order chi connectivity index (χ0) is 10.1. The van der Waals surface area contributed by atoms with Crippen LogP contribution in [0.15, 0.2) is 0 Å². The Balaban J connectivity index is 1.88. The average Bonchev–Trinajstić information content (AvgIpc) is 2.93. The second-order valence-electron chi connectivity index (χ2n) is 4.85. The summed E-state index contributed by atoms with van der Waals surface area (Å²) in [6.45, 7) is 6.09. The molecule has 0 spiro atoms. The number of carbonyl (C=O) groups excluding carboxylic acids is 1. The number of hydrogen-bond donors (Lipinski definition) is 1. The van der Waals surface area contributed by atoms with Crippen LogP contribution in [0.25, 0.3) is 0 Å². The molecule has 1 N–H and O–H groups in total. The lowest BCUT2D eigenvalue weighted by Crippen LogP contribution is -2.56. The van der Waals surface area contributed by atoms with Gasteiger partial charge in [-0.15, -0.1) is 0 Å². The fraction of sp³-hybridized carbons (Fsp3) is 0.909. The first-order chi connectivity index (χ1) is 6.66. The minimum absolute atomic E-state index is 0.369. The zero-order valence-electron chi connectivity index (χ0n) is 9.12. The summed E-state index contributed by atoms with van der Waals surface area (Å²) in [7, 11) is 0. The molecule has 2 fully saturated rings. The van der Waals surface area contributed by atoms with Crippen molar-refractivity contribution < 1.29 is 4.79 Å². The summed E-state index contributed by atoms with van der Waals surface area (Å²) in [6, 6.07) is 0.826. The summed E-state index contributed by atoms with van der Waals surface area (Å²) < 4.78 is 0. The molecule has 1 aliphatic heterocycles. The lowest BCUT2D eigenvalue weighted by molar-refractivity contribution is -0.135. The predicted molar refractivity (Wildman–Crippen MR) is 56.0 cm³/mol. The number of amides is 1. The maximum Gasteiger partial charge on any atom is 0.223 e. The van der Waals surface area contributed by atoms with Crippen LogP contribution in [-0.4, -0.2) is 36.0 Å². The second kappa shape index (κ2) is 3.89. The van der Waals surface area contributed by atoms with E-state index in [2.05, 4.69) is 24.1 Å². The second-order valence-corrected chi connectivity index (χ2v) is 4.85. The van der Waals surface area contributed by atoms with Gasteiger partial charge in [-0.25, -0.2) is 0 Å². The quantitative estimate of drug-likeness (QED) is 0.714. The van der Waals surface area contributed by atoms with Crippen molar-refractivity contribution in [1.82, 2.24) is 10.2 Å². The van der Waals surface area contributed by atoms with Gasteiger partial charge in [0.2, 0.25) is 5.91 Å².